The Hall–Kier alpha value is -0.570. The summed E-state index contributed by atoms with van der Waals surface area (Å²) in [6.07, 6.45) is 2.26. The van der Waals surface area contributed by atoms with E-state index in [1.807, 2.05) is 6.92 Å². The van der Waals surface area contributed by atoms with Crippen LogP contribution in [-0.4, -0.2) is 23.8 Å². The van der Waals surface area contributed by atoms with E-state index in [4.69, 9.17) is 4.74 Å². The maximum atomic E-state index is 11.4. The van der Waals surface area contributed by atoms with E-state index < -0.39 is 6.10 Å². The van der Waals surface area contributed by atoms with Crippen molar-refractivity contribution in [3.05, 3.63) is 0 Å². The highest BCUT2D eigenvalue weighted by molar-refractivity contribution is 5.73. The fraction of sp³-hybridized carbons (Fsp3) is 0.900. The molecule has 1 rings (SSSR count). The lowest BCUT2D eigenvalue weighted by Gasteiger charge is -2.31. The van der Waals surface area contributed by atoms with Crippen LogP contribution in [0.3, 0.4) is 0 Å². The van der Waals surface area contributed by atoms with Crippen LogP contribution in [0.4, 0.5) is 0 Å². The monoisotopic (exact) mass is 186 g/mol. The summed E-state index contributed by atoms with van der Waals surface area (Å²) in [5.41, 5.74) is 0. The minimum absolute atomic E-state index is 0.234. The minimum Gasteiger partial charge on any atom is -0.466 e. The Morgan fingerprint density at radius 3 is 2.77 bits per heavy atom. The van der Waals surface area contributed by atoms with E-state index in [1.165, 1.54) is 0 Å². The van der Waals surface area contributed by atoms with Crippen LogP contribution in [0.5, 0.6) is 0 Å². The summed E-state index contributed by atoms with van der Waals surface area (Å²) in [6, 6.07) is 0. The van der Waals surface area contributed by atoms with Gasteiger partial charge in [-0.3, -0.25) is 4.79 Å². The smallest absolute Gasteiger partial charge is 0.311 e. The third-order valence-corrected chi connectivity index (χ3v) is 2.75. The molecule has 0 aromatic heterocycles. The molecule has 76 valence electrons. The second-order valence-corrected chi connectivity index (χ2v) is 3.75. The van der Waals surface area contributed by atoms with Gasteiger partial charge in [0.25, 0.3) is 0 Å². The number of hydrogen-bond acceptors (Lipinski definition) is 3. The van der Waals surface area contributed by atoms with Gasteiger partial charge >= 0.3 is 5.97 Å². The first-order valence-corrected chi connectivity index (χ1v) is 5.01. The Balaban J connectivity index is 2.57. The summed E-state index contributed by atoms with van der Waals surface area (Å²) in [5, 5.41) is 9.64. The van der Waals surface area contributed by atoms with Gasteiger partial charge in [0.2, 0.25) is 0 Å². The highest BCUT2D eigenvalue weighted by atomic mass is 16.5. The van der Waals surface area contributed by atoms with Crippen molar-refractivity contribution < 1.29 is 14.6 Å². The maximum absolute atomic E-state index is 11.4. The molecular weight excluding hydrogens is 168 g/mol. The Labute approximate surface area is 79.1 Å². The Morgan fingerprint density at radius 2 is 2.23 bits per heavy atom. The van der Waals surface area contributed by atoms with Crippen LogP contribution in [0, 0.1) is 11.8 Å². The van der Waals surface area contributed by atoms with Crippen LogP contribution in [-0.2, 0) is 9.53 Å². The molecule has 0 bridgehead atoms. The van der Waals surface area contributed by atoms with Gasteiger partial charge in [0.05, 0.1) is 18.6 Å². The molecule has 0 heterocycles. The summed E-state index contributed by atoms with van der Waals surface area (Å²) in [5.74, 6) is -0.279. The third-order valence-electron chi connectivity index (χ3n) is 2.75. The summed E-state index contributed by atoms with van der Waals surface area (Å²) in [7, 11) is 0. The molecule has 0 radical (unpaired) electrons. The van der Waals surface area contributed by atoms with E-state index in [0.717, 1.165) is 19.3 Å². The van der Waals surface area contributed by atoms with E-state index in [-0.39, 0.29) is 17.8 Å². The molecule has 3 nitrogen and oxygen atoms in total. The van der Waals surface area contributed by atoms with Crippen molar-refractivity contribution >= 4 is 5.97 Å². The molecule has 0 amide bonds. The Kier molecular flexibility index (Phi) is 3.72. The van der Waals surface area contributed by atoms with E-state index >= 15 is 0 Å². The van der Waals surface area contributed by atoms with Crippen LogP contribution in [0.2, 0.25) is 0 Å². The van der Waals surface area contributed by atoms with Crippen LogP contribution in [0.25, 0.3) is 0 Å². The number of carbonyl (C=O) groups is 1. The number of esters is 1. The normalized spacial score (nSPS) is 34.2. The lowest BCUT2D eigenvalue weighted by Crippen LogP contribution is -2.38. The molecule has 3 atom stereocenters. The van der Waals surface area contributed by atoms with Gasteiger partial charge in [0.1, 0.15) is 0 Å². The Bertz CT molecular complexity index is 169. The molecule has 0 unspecified atom stereocenters. The minimum atomic E-state index is -0.497. The van der Waals surface area contributed by atoms with Gasteiger partial charge in [0.15, 0.2) is 0 Å². The molecule has 0 aliphatic heterocycles. The highest BCUT2D eigenvalue weighted by Crippen LogP contribution is 2.30. The van der Waals surface area contributed by atoms with E-state index in [9.17, 15) is 9.90 Å². The number of ether oxygens (including phenoxy) is 1. The van der Waals surface area contributed by atoms with E-state index in [0.29, 0.717) is 6.61 Å². The average Bonchev–Trinajstić information content (AvgIpc) is 2.04. The van der Waals surface area contributed by atoms with Gasteiger partial charge < -0.3 is 9.84 Å². The van der Waals surface area contributed by atoms with Crippen LogP contribution in [0.15, 0.2) is 0 Å². The average molecular weight is 186 g/mol. The fourth-order valence-corrected chi connectivity index (χ4v) is 2.02. The molecule has 1 aliphatic carbocycles. The van der Waals surface area contributed by atoms with E-state index in [1.54, 1.807) is 6.92 Å². The predicted molar refractivity (Wildman–Crippen MR) is 49.1 cm³/mol. The van der Waals surface area contributed by atoms with Crippen LogP contribution in [0.1, 0.15) is 33.1 Å². The van der Waals surface area contributed by atoms with Gasteiger partial charge in [-0.15, -0.1) is 0 Å². The van der Waals surface area contributed by atoms with Crippen LogP contribution < -0.4 is 0 Å². The molecule has 1 fully saturated rings. The molecular formula is C10H18O3. The van der Waals surface area contributed by atoms with Crippen molar-refractivity contribution in [3.63, 3.8) is 0 Å². The van der Waals surface area contributed by atoms with Gasteiger partial charge in [-0.25, -0.2) is 0 Å². The largest absolute Gasteiger partial charge is 0.466 e. The van der Waals surface area contributed by atoms with Crippen molar-refractivity contribution in [1.82, 2.24) is 0 Å². The molecule has 0 saturated heterocycles. The number of rotatable bonds is 2. The van der Waals surface area contributed by atoms with E-state index in [2.05, 4.69) is 0 Å². The van der Waals surface area contributed by atoms with Gasteiger partial charge in [-0.05, 0) is 25.7 Å². The van der Waals surface area contributed by atoms with Crippen molar-refractivity contribution in [2.45, 2.75) is 39.2 Å². The molecule has 0 spiro atoms. The SMILES string of the molecule is CCOC(=O)[C@@H]1[C@H](O)CCC[C@@H]1C. The van der Waals surface area contributed by atoms with Crippen molar-refractivity contribution in [2.24, 2.45) is 11.8 Å². The molecule has 3 heteroatoms. The summed E-state index contributed by atoms with van der Waals surface area (Å²) in [6.45, 7) is 4.19. The van der Waals surface area contributed by atoms with Crippen molar-refractivity contribution in [2.75, 3.05) is 6.61 Å². The zero-order chi connectivity index (χ0) is 9.84. The molecule has 1 aliphatic rings. The van der Waals surface area contributed by atoms with Crippen LogP contribution >= 0.6 is 0 Å². The second kappa shape index (κ2) is 4.61. The van der Waals surface area contributed by atoms with Gasteiger partial charge in [-0.2, -0.15) is 0 Å². The fourth-order valence-electron chi connectivity index (χ4n) is 2.02. The summed E-state index contributed by atoms with van der Waals surface area (Å²) in [4.78, 5) is 11.4. The number of hydrogen-bond donors (Lipinski definition) is 1. The van der Waals surface area contributed by atoms with Crippen molar-refractivity contribution in [3.8, 4) is 0 Å². The lowest BCUT2D eigenvalue weighted by atomic mass is 9.78. The first kappa shape index (κ1) is 10.5. The van der Waals surface area contributed by atoms with Gasteiger partial charge in [0, 0.05) is 0 Å². The molecule has 0 aromatic rings. The summed E-state index contributed by atoms with van der Waals surface area (Å²) < 4.78 is 4.92. The standard InChI is InChI=1S/C10H18O3/c1-3-13-10(12)9-7(2)5-4-6-8(9)11/h7-9,11H,3-6H2,1-2H3/t7-,8+,9-/m0/s1. The highest BCUT2D eigenvalue weighted by Gasteiger charge is 2.35. The number of carbonyl (C=O) groups excluding carboxylic acids is 1. The third kappa shape index (κ3) is 2.44. The first-order chi connectivity index (χ1) is 6.16. The zero-order valence-electron chi connectivity index (χ0n) is 8.32. The second-order valence-electron chi connectivity index (χ2n) is 3.75. The zero-order valence-corrected chi connectivity index (χ0v) is 8.32. The molecule has 0 aromatic carbocycles. The van der Waals surface area contributed by atoms with Crippen molar-refractivity contribution in [1.29, 1.82) is 0 Å². The molecule has 1 N–H and O–H groups in total. The molecule has 13 heavy (non-hydrogen) atoms. The first-order valence-electron chi connectivity index (χ1n) is 5.01. The predicted octanol–water partition coefficient (Wildman–Crippen LogP) is 1.35. The Morgan fingerprint density at radius 1 is 1.54 bits per heavy atom. The molecule has 1 saturated carbocycles. The summed E-state index contributed by atoms with van der Waals surface area (Å²) >= 11 is 0. The van der Waals surface area contributed by atoms with Gasteiger partial charge in [-0.1, -0.05) is 13.3 Å². The number of aliphatic hydroxyl groups excluding tert-OH is 1. The topological polar surface area (TPSA) is 46.5 Å². The number of aliphatic hydroxyl groups is 1. The quantitative estimate of drug-likeness (QED) is 0.662. The maximum Gasteiger partial charge on any atom is 0.311 e. The lowest BCUT2D eigenvalue weighted by molar-refractivity contribution is -0.156.